The molecule has 6 N–H and O–H groups in total. The van der Waals surface area contributed by atoms with Crippen LogP contribution in [0.5, 0.6) is 0 Å². The molecule has 0 bridgehead atoms. The number of hydrogen-bond donors (Lipinski definition) is 6. The van der Waals surface area contributed by atoms with Crippen molar-refractivity contribution >= 4 is 59.4 Å². The summed E-state index contributed by atoms with van der Waals surface area (Å²) in [5.41, 5.74) is 0. The van der Waals surface area contributed by atoms with Crippen molar-refractivity contribution in [2.45, 2.75) is 230 Å². The van der Waals surface area contributed by atoms with Gasteiger partial charge in [-0.1, -0.05) is 60.3 Å². The average Bonchev–Trinajstić information content (AvgIpc) is 3.58. The number of amides is 5. The molecule has 464 valence electrons. The molecule has 0 aliphatic carbocycles. The standard InChI is InChI=1S/C15H30N2O.2C11H19NO5.C10H19NO3.C9H18NO2.ClH.5Na/c1-6-14-10-17(4,5)11-15(14)9-7-8-12(2)16-13(3)18;2*1-6(12-8(3)13)4-5-9(11(16)17)7(2)10(14)15;1-7(10(13)14)5-4-6-8(2)11-9(3)12;1-7(10-9(3)12)5-4-6-8(2)11;;;;;;/h12,14-15H,6-11H2,1-5H3;2*6-7,9H,4-5H2,1-3H3,(H,12,13)(H,14,15)(H,16,17);7-8H,4-6H2,1-3H3,(H,11,12)(H,13,14);7-8H,4-6H2,1-3H3,(H,10,12);1H;;;;;/q;;;;-1;;5*+1/p-4. The Labute approximate surface area is 620 Å². The van der Waals surface area contributed by atoms with Gasteiger partial charge in [-0.05, 0) is 105 Å². The second kappa shape index (κ2) is 60.5. The van der Waals surface area contributed by atoms with Crippen molar-refractivity contribution in [1.82, 2.24) is 26.6 Å². The van der Waals surface area contributed by atoms with Crippen LogP contribution in [0.3, 0.4) is 0 Å². The first-order valence-corrected chi connectivity index (χ1v) is 27.7. The number of quaternary nitrogens is 1. The third-order valence-electron chi connectivity index (χ3n) is 13.4. The van der Waals surface area contributed by atoms with Gasteiger partial charge in [0.15, 0.2) is 0 Å². The van der Waals surface area contributed by atoms with Crippen molar-refractivity contribution in [3.8, 4) is 0 Å². The van der Waals surface area contributed by atoms with Crippen LogP contribution >= 0.6 is 0 Å². The van der Waals surface area contributed by atoms with E-state index < -0.39 is 65.5 Å². The molecule has 5 amide bonds. The van der Waals surface area contributed by atoms with Crippen LogP contribution in [0.4, 0.5) is 0 Å². The van der Waals surface area contributed by atoms with Crippen LogP contribution in [0.15, 0.2) is 0 Å². The molecule has 1 heterocycles. The number of nitrogens with one attached hydrogen (secondary N) is 5. The minimum atomic E-state index is -1.41. The fourth-order valence-corrected chi connectivity index (χ4v) is 9.12. The van der Waals surface area contributed by atoms with Gasteiger partial charge in [0.1, 0.15) is 0 Å². The molecule has 28 heteroatoms. The molecule has 84 heavy (non-hydrogen) atoms. The number of carboxylic acid groups (broad SMARTS) is 5. The topological polar surface area (TPSA) is 366 Å². The molecule has 13 atom stereocenters. The monoisotopic (exact) mass is 1260 g/mol. The molecule has 22 nitrogen and oxygen atoms in total. The predicted octanol–water partition coefficient (Wildman–Crippen LogP) is -17.6. The SMILES string of the molecule is CC(=O)NC(C)CCC(C(=O)O)C(C)C(=O)[O-].CC(=O)NC(C)CCC(C(=O)[O-])C(C)C(=O)[O-].CC(=O)NC(C)CCCC(C)C(=O)[O-].CC(=O)NC(C)CCCC(C)[O-].CCC1C[N+](C)(C)CC1CCCC(C)NC(C)=O.[Cl-].[Na+].[Na+].[Na+].[Na+].[Na+]. The molecule has 0 radical (unpaired) electrons. The third kappa shape index (κ3) is 63.5. The summed E-state index contributed by atoms with van der Waals surface area (Å²) in [7, 11) is 4.70. The van der Waals surface area contributed by atoms with Gasteiger partial charge in [0.25, 0.3) is 0 Å². The van der Waals surface area contributed by atoms with Crippen molar-refractivity contribution in [2.24, 2.45) is 41.4 Å². The summed E-state index contributed by atoms with van der Waals surface area (Å²) in [5.74, 6) is -9.58. The predicted molar refractivity (Wildman–Crippen MR) is 287 cm³/mol. The van der Waals surface area contributed by atoms with Crippen LogP contribution in [0.25, 0.3) is 0 Å². The van der Waals surface area contributed by atoms with E-state index in [1.54, 1.807) is 34.6 Å². The number of halogens is 1. The van der Waals surface area contributed by atoms with Gasteiger partial charge in [0, 0.05) is 118 Å². The van der Waals surface area contributed by atoms with Gasteiger partial charge in [0.05, 0.1) is 33.1 Å². The van der Waals surface area contributed by atoms with Gasteiger partial charge >= 0.3 is 154 Å². The Balaban J connectivity index is -0.000000101. The number of nitrogens with zero attached hydrogens (tertiary/aromatic N) is 1. The Kier molecular flexibility index (Phi) is 76.0. The maximum absolute atomic E-state index is 10.9. The average molecular weight is 1270 g/mol. The van der Waals surface area contributed by atoms with Gasteiger partial charge in [-0.25, -0.2) is 0 Å². The van der Waals surface area contributed by atoms with Crippen molar-refractivity contribution in [3.63, 3.8) is 0 Å². The Morgan fingerprint density at radius 3 is 1.02 bits per heavy atom. The van der Waals surface area contributed by atoms with E-state index in [4.69, 9.17) is 5.11 Å². The zero-order chi connectivity index (χ0) is 61.6. The van der Waals surface area contributed by atoms with E-state index in [-0.39, 0.29) is 227 Å². The van der Waals surface area contributed by atoms with E-state index in [0.717, 1.165) is 43.9 Å². The Bertz CT molecular complexity index is 1770. The van der Waals surface area contributed by atoms with Gasteiger partial charge in [-0.3, -0.25) is 28.8 Å². The molecule has 0 saturated carbocycles. The fourth-order valence-electron chi connectivity index (χ4n) is 9.12. The number of carbonyl (C=O) groups excluding carboxylic acids is 9. The molecule has 0 aromatic rings. The number of carboxylic acids is 5. The van der Waals surface area contributed by atoms with Gasteiger partial charge in [0.2, 0.25) is 29.5 Å². The van der Waals surface area contributed by atoms with E-state index in [1.807, 2.05) is 13.8 Å². The molecule has 0 aromatic heterocycles. The second-order valence-corrected chi connectivity index (χ2v) is 22.3. The number of likely N-dealkylation sites (tertiary alicyclic amines) is 1. The van der Waals surface area contributed by atoms with Crippen molar-refractivity contribution in [3.05, 3.63) is 0 Å². The first kappa shape index (κ1) is 106. The molecule has 0 spiro atoms. The van der Waals surface area contributed by atoms with E-state index in [2.05, 4.69) is 54.5 Å². The van der Waals surface area contributed by atoms with Crippen LogP contribution in [0.2, 0.25) is 0 Å². The number of hydrogen-bond acceptors (Lipinski definition) is 15. The maximum Gasteiger partial charge on any atom is 1.00 e. The first-order valence-electron chi connectivity index (χ1n) is 27.7. The molecule has 1 rings (SSSR count). The fraction of sp³-hybridized carbons (Fsp3) is 0.821. The summed E-state index contributed by atoms with van der Waals surface area (Å²) in [6.07, 6.45) is 10.3. The first-order chi connectivity index (χ1) is 35.8. The maximum atomic E-state index is 10.9. The van der Waals surface area contributed by atoms with Crippen LogP contribution in [-0.2, 0) is 47.9 Å². The smallest absolute Gasteiger partial charge is 1.00 e. The third-order valence-corrected chi connectivity index (χ3v) is 13.4. The zero-order valence-corrected chi connectivity index (χ0v) is 66.5. The molecule has 1 saturated heterocycles. The Hall–Kier alpha value is -0.0900. The number of carbonyl (C=O) groups is 10. The van der Waals surface area contributed by atoms with Gasteiger partial charge in [-0.2, -0.15) is 0 Å². The molecule has 1 aliphatic heterocycles. The van der Waals surface area contributed by atoms with Crippen LogP contribution in [-0.4, -0.2) is 132 Å². The van der Waals surface area contributed by atoms with E-state index in [1.165, 1.54) is 78.4 Å². The van der Waals surface area contributed by atoms with Crippen molar-refractivity contribution < 1.29 is 243 Å². The summed E-state index contributed by atoms with van der Waals surface area (Å²) in [5, 5.41) is 75.6. The summed E-state index contributed by atoms with van der Waals surface area (Å²) < 4.78 is 1.18. The van der Waals surface area contributed by atoms with Crippen LogP contribution < -0.4 is 212 Å². The molecule has 0 aromatic carbocycles. The summed E-state index contributed by atoms with van der Waals surface area (Å²) in [4.78, 5) is 107. The summed E-state index contributed by atoms with van der Waals surface area (Å²) in [6.45, 7) is 27.6. The molecule has 1 fully saturated rings. The van der Waals surface area contributed by atoms with Crippen molar-refractivity contribution in [1.29, 1.82) is 0 Å². The largest absolute Gasteiger partial charge is 1.00 e. The molecular formula is C56H102ClN6Na5O16. The summed E-state index contributed by atoms with van der Waals surface area (Å²) >= 11 is 0. The van der Waals surface area contributed by atoms with E-state index in [0.29, 0.717) is 31.7 Å². The number of aliphatic carboxylic acids is 5. The van der Waals surface area contributed by atoms with Crippen LogP contribution in [0, 0.1) is 41.4 Å². The minimum Gasteiger partial charge on any atom is -1.00 e. The van der Waals surface area contributed by atoms with E-state index in [9.17, 15) is 73.5 Å². The van der Waals surface area contributed by atoms with Crippen molar-refractivity contribution in [2.75, 3.05) is 27.2 Å². The number of rotatable bonds is 31. The Morgan fingerprint density at radius 1 is 0.440 bits per heavy atom. The molecular weight excluding hydrogens is 1160 g/mol. The second-order valence-electron chi connectivity index (χ2n) is 22.3. The molecule has 1 aliphatic rings. The summed E-state index contributed by atoms with van der Waals surface area (Å²) in [6, 6.07) is 0.251. The van der Waals surface area contributed by atoms with E-state index >= 15 is 0 Å². The minimum absolute atomic E-state index is 0. The Morgan fingerprint density at radius 2 is 0.738 bits per heavy atom. The van der Waals surface area contributed by atoms with Gasteiger partial charge < -0.3 is 93.3 Å². The quantitative estimate of drug-likeness (QED) is 0.0277. The van der Waals surface area contributed by atoms with Crippen LogP contribution in [0.1, 0.15) is 194 Å². The zero-order valence-electron chi connectivity index (χ0n) is 55.7. The van der Waals surface area contributed by atoms with Gasteiger partial charge in [-0.15, -0.1) is 6.10 Å². The molecule has 13 unspecified atom stereocenters. The normalized spacial score (nSPS) is 17.0.